The standard InChI is InChI=1S/C9H15N3S/c1-4-5-10-9(7(2)3)8-6-13-12-11-8/h6,9-10H,2,4-5H2,1,3H3. The Bertz CT molecular complexity index is 256. The molecule has 1 aromatic heterocycles. The van der Waals surface area contributed by atoms with Gasteiger partial charge in [0.2, 0.25) is 0 Å². The fourth-order valence-electron chi connectivity index (χ4n) is 1.12. The van der Waals surface area contributed by atoms with E-state index in [4.69, 9.17) is 0 Å². The van der Waals surface area contributed by atoms with E-state index < -0.39 is 0 Å². The van der Waals surface area contributed by atoms with Gasteiger partial charge in [-0.25, -0.2) is 0 Å². The minimum Gasteiger partial charge on any atom is -0.305 e. The molecule has 1 heterocycles. The third-order valence-electron chi connectivity index (χ3n) is 1.76. The summed E-state index contributed by atoms with van der Waals surface area (Å²) in [5.41, 5.74) is 2.06. The van der Waals surface area contributed by atoms with Gasteiger partial charge in [-0.15, -0.1) is 5.10 Å². The van der Waals surface area contributed by atoms with E-state index in [9.17, 15) is 0 Å². The van der Waals surface area contributed by atoms with Crippen LogP contribution in [0.3, 0.4) is 0 Å². The third-order valence-corrected chi connectivity index (χ3v) is 2.29. The zero-order chi connectivity index (χ0) is 9.68. The highest BCUT2D eigenvalue weighted by Gasteiger charge is 2.13. The van der Waals surface area contributed by atoms with E-state index in [2.05, 4.69) is 28.4 Å². The molecule has 1 N–H and O–H groups in total. The van der Waals surface area contributed by atoms with Crippen molar-refractivity contribution < 1.29 is 0 Å². The van der Waals surface area contributed by atoms with Crippen LogP contribution in [0, 0.1) is 0 Å². The van der Waals surface area contributed by atoms with E-state index >= 15 is 0 Å². The van der Waals surface area contributed by atoms with Crippen LogP contribution in [0.5, 0.6) is 0 Å². The number of nitrogens with one attached hydrogen (secondary N) is 1. The number of hydrogen-bond donors (Lipinski definition) is 1. The quantitative estimate of drug-likeness (QED) is 0.735. The second kappa shape index (κ2) is 5.09. The zero-order valence-corrected chi connectivity index (χ0v) is 8.90. The Morgan fingerprint density at radius 1 is 1.77 bits per heavy atom. The Balaban J connectivity index is 2.63. The van der Waals surface area contributed by atoms with E-state index in [0.717, 1.165) is 24.2 Å². The molecule has 1 atom stereocenters. The van der Waals surface area contributed by atoms with Crippen LogP contribution in [0.4, 0.5) is 0 Å². The Hall–Kier alpha value is -0.740. The summed E-state index contributed by atoms with van der Waals surface area (Å²) in [7, 11) is 0. The molecular formula is C9H15N3S. The Morgan fingerprint density at radius 3 is 3.00 bits per heavy atom. The molecule has 0 aliphatic carbocycles. The maximum absolute atomic E-state index is 4.04. The summed E-state index contributed by atoms with van der Waals surface area (Å²) in [5, 5.41) is 9.37. The molecule has 13 heavy (non-hydrogen) atoms. The van der Waals surface area contributed by atoms with Crippen molar-refractivity contribution in [2.75, 3.05) is 6.54 Å². The minimum absolute atomic E-state index is 0.165. The van der Waals surface area contributed by atoms with Crippen molar-refractivity contribution in [3.05, 3.63) is 23.2 Å². The molecule has 0 bridgehead atoms. The number of nitrogens with zero attached hydrogens (tertiary/aromatic N) is 2. The topological polar surface area (TPSA) is 37.8 Å². The van der Waals surface area contributed by atoms with Crippen molar-refractivity contribution in [2.24, 2.45) is 0 Å². The molecule has 0 aromatic carbocycles. The normalized spacial score (nSPS) is 12.8. The van der Waals surface area contributed by atoms with E-state index in [-0.39, 0.29) is 6.04 Å². The number of hydrogen-bond acceptors (Lipinski definition) is 4. The molecule has 0 aliphatic heterocycles. The molecule has 0 spiro atoms. The van der Waals surface area contributed by atoms with Gasteiger partial charge >= 0.3 is 0 Å². The molecule has 4 heteroatoms. The predicted octanol–water partition coefficient (Wildman–Crippen LogP) is 2.15. The van der Waals surface area contributed by atoms with E-state index in [1.165, 1.54) is 11.5 Å². The Kier molecular flexibility index (Phi) is 4.05. The highest BCUT2D eigenvalue weighted by molar-refractivity contribution is 7.03. The predicted molar refractivity (Wildman–Crippen MR) is 55.8 cm³/mol. The van der Waals surface area contributed by atoms with Crippen LogP contribution in [0.25, 0.3) is 0 Å². The lowest BCUT2D eigenvalue weighted by atomic mass is 10.1. The first-order valence-corrected chi connectivity index (χ1v) is 5.25. The van der Waals surface area contributed by atoms with Crippen molar-refractivity contribution in [1.29, 1.82) is 0 Å². The number of rotatable bonds is 5. The van der Waals surface area contributed by atoms with Gasteiger partial charge in [0.25, 0.3) is 0 Å². The lowest BCUT2D eigenvalue weighted by Crippen LogP contribution is -2.23. The van der Waals surface area contributed by atoms with Gasteiger partial charge in [-0.2, -0.15) is 0 Å². The van der Waals surface area contributed by atoms with Crippen LogP contribution in [0.2, 0.25) is 0 Å². The lowest BCUT2D eigenvalue weighted by molar-refractivity contribution is 0.578. The summed E-state index contributed by atoms with van der Waals surface area (Å²) < 4.78 is 3.84. The maximum Gasteiger partial charge on any atom is 0.0966 e. The smallest absolute Gasteiger partial charge is 0.0966 e. The lowest BCUT2D eigenvalue weighted by Gasteiger charge is -2.15. The molecule has 0 saturated carbocycles. The summed E-state index contributed by atoms with van der Waals surface area (Å²) >= 11 is 1.38. The Labute approximate surface area is 83.0 Å². The minimum atomic E-state index is 0.165. The highest BCUT2D eigenvalue weighted by atomic mass is 32.1. The second-order valence-corrected chi connectivity index (χ2v) is 3.67. The summed E-state index contributed by atoms with van der Waals surface area (Å²) in [6.07, 6.45) is 1.11. The molecule has 0 radical (unpaired) electrons. The first-order chi connectivity index (χ1) is 6.25. The van der Waals surface area contributed by atoms with Crippen LogP contribution in [0.1, 0.15) is 32.0 Å². The van der Waals surface area contributed by atoms with Gasteiger partial charge in [-0.3, -0.25) is 0 Å². The average molecular weight is 197 g/mol. The summed E-state index contributed by atoms with van der Waals surface area (Å²) in [6.45, 7) is 9.07. The molecule has 72 valence electrons. The van der Waals surface area contributed by atoms with Gasteiger partial charge in [0, 0.05) is 5.38 Å². The zero-order valence-electron chi connectivity index (χ0n) is 8.08. The van der Waals surface area contributed by atoms with Gasteiger partial charge in [0.15, 0.2) is 0 Å². The SMILES string of the molecule is C=C(C)C(NCCC)c1csnn1. The van der Waals surface area contributed by atoms with Crippen LogP contribution < -0.4 is 5.32 Å². The van der Waals surface area contributed by atoms with Crippen LogP contribution in [0.15, 0.2) is 17.5 Å². The van der Waals surface area contributed by atoms with Gasteiger partial charge in [-0.05, 0) is 31.4 Å². The van der Waals surface area contributed by atoms with Crippen molar-refractivity contribution in [2.45, 2.75) is 26.3 Å². The summed E-state index contributed by atoms with van der Waals surface area (Å²) in [4.78, 5) is 0. The first-order valence-electron chi connectivity index (χ1n) is 4.41. The van der Waals surface area contributed by atoms with Gasteiger partial charge in [-0.1, -0.05) is 23.6 Å². The van der Waals surface area contributed by atoms with Gasteiger partial charge in [0.1, 0.15) is 0 Å². The molecule has 1 rings (SSSR count). The second-order valence-electron chi connectivity index (χ2n) is 3.06. The Morgan fingerprint density at radius 2 is 2.54 bits per heavy atom. The van der Waals surface area contributed by atoms with Crippen molar-refractivity contribution in [1.82, 2.24) is 14.9 Å². The maximum atomic E-state index is 4.04. The first kappa shape index (κ1) is 10.3. The summed E-state index contributed by atoms with van der Waals surface area (Å²) in [6, 6.07) is 0.165. The molecule has 3 nitrogen and oxygen atoms in total. The van der Waals surface area contributed by atoms with Crippen molar-refractivity contribution in [3.8, 4) is 0 Å². The molecule has 1 aromatic rings. The van der Waals surface area contributed by atoms with Crippen LogP contribution in [-0.2, 0) is 0 Å². The molecule has 1 unspecified atom stereocenters. The third kappa shape index (κ3) is 2.90. The van der Waals surface area contributed by atoms with E-state index in [1.54, 1.807) is 0 Å². The fourth-order valence-corrected chi connectivity index (χ4v) is 1.60. The molecule has 0 amide bonds. The van der Waals surface area contributed by atoms with Gasteiger partial charge < -0.3 is 5.32 Å². The molecule has 0 saturated heterocycles. The monoisotopic (exact) mass is 197 g/mol. The van der Waals surface area contributed by atoms with E-state index in [1.807, 2.05) is 12.3 Å². The highest BCUT2D eigenvalue weighted by Crippen LogP contribution is 2.18. The summed E-state index contributed by atoms with van der Waals surface area (Å²) in [5.74, 6) is 0. The molecular weight excluding hydrogens is 182 g/mol. The van der Waals surface area contributed by atoms with Crippen molar-refractivity contribution >= 4 is 11.5 Å². The molecule has 0 fully saturated rings. The van der Waals surface area contributed by atoms with E-state index in [0.29, 0.717) is 0 Å². The van der Waals surface area contributed by atoms with Crippen LogP contribution in [-0.4, -0.2) is 16.1 Å². The van der Waals surface area contributed by atoms with Crippen LogP contribution >= 0.6 is 11.5 Å². The van der Waals surface area contributed by atoms with Crippen molar-refractivity contribution in [3.63, 3.8) is 0 Å². The largest absolute Gasteiger partial charge is 0.305 e. The fraction of sp³-hybridized carbons (Fsp3) is 0.556. The average Bonchev–Trinajstić information content (AvgIpc) is 2.57. The van der Waals surface area contributed by atoms with Gasteiger partial charge in [0.05, 0.1) is 11.7 Å². The number of aromatic nitrogens is 2. The molecule has 0 aliphatic rings.